The lowest BCUT2D eigenvalue weighted by atomic mass is 9.92. The summed E-state index contributed by atoms with van der Waals surface area (Å²) in [6, 6.07) is 9.90. The van der Waals surface area contributed by atoms with Gasteiger partial charge in [-0.1, -0.05) is 29.3 Å². The zero-order valence-electron chi connectivity index (χ0n) is 17.0. The zero-order chi connectivity index (χ0) is 21.8. The number of piperidine rings is 1. The Hall–Kier alpha value is -2.31. The predicted molar refractivity (Wildman–Crippen MR) is 121 cm³/mol. The van der Waals surface area contributed by atoms with Gasteiger partial charge in [0.2, 0.25) is 11.8 Å². The third-order valence-corrected chi connectivity index (χ3v) is 7.76. The maximum absolute atomic E-state index is 13.2. The van der Waals surface area contributed by atoms with Crippen molar-refractivity contribution in [1.29, 1.82) is 0 Å². The van der Waals surface area contributed by atoms with Crippen LogP contribution in [0.3, 0.4) is 0 Å². The van der Waals surface area contributed by atoms with E-state index >= 15 is 0 Å². The van der Waals surface area contributed by atoms with E-state index in [4.69, 9.17) is 28.9 Å². The Kier molecular flexibility index (Phi) is 5.10. The Labute approximate surface area is 191 Å². The van der Waals surface area contributed by atoms with E-state index in [1.807, 2.05) is 18.2 Å². The van der Waals surface area contributed by atoms with Crippen LogP contribution in [0.2, 0.25) is 10.0 Å². The van der Waals surface area contributed by atoms with Crippen molar-refractivity contribution in [2.24, 2.45) is 5.73 Å². The summed E-state index contributed by atoms with van der Waals surface area (Å²) >= 11 is 12.2. The van der Waals surface area contributed by atoms with Gasteiger partial charge in [-0.2, -0.15) is 0 Å². The van der Waals surface area contributed by atoms with E-state index in [-0.39, 0.29) is 11.9 Å². The molecule has 2 saturated heterocycles. The molecule has 0 spiro atoms. The van der Waals surface area contributed by atoms with Gasteiger partial charge in [0.15, 0.2) is 0 Å². The largest absolute Gasteiger partial charge is 0.366 e. The molecule has 2 bridgehead atoms. The number of benzene rings is 1. The van der Waals surface area contributed by atoms with Gasteiger partial charge in [-0.3, -0.25) is 9.59 Å². The number of aromatic nitrogens is 1. The van der Waals surface area contributed by atoms with Crippen molar-refractivity contribution in [3.8, 4) is 0 Å². The summed E-state index contributed by atoms with van der Waals surface area (Å²) in [5.74, 6) is 0.490. The second kappa shape index (κ2) is 7.68. The first-order chi connectivity index (χ1) is 14.9. The molecule has 1 aromatic heterocycles. The maximum Gasteiger partial charge on any atom is 0.250 e. The molecule has 0 radical (unpaired) electrons. The number of anilines is 1. The number of carbonyl (C=O) groups excluding carboxylic acids is 2. The molecule has 3 N–H and O–H groups in total. The Morgan fingerprint density at radius 3 is 2.32 bits per heavy atom. The topological polar surface area (TPSA) is 88.3 Å². The van der Waals surface area contributed by atoms with E-state index < -0.39 is 11.3 Å². The summed E-state index contributed by atoms with van der Waals surface area (Å²) in [6.07, 6.45) is 7.14. The van der Waals surface area contributed by atoms with Crippen LogP contribution in [-0.4, -0.2) is 34.9 Å². The van der Waals surface area contributed by atoms with Crippen LogP contribution in [0.1, 0.15) is 54.4 Å². The van der Waals surface area contributed by atoms with Crippen molar-refractivity contribution in [3.63, 3.8) is 0 Å². The number of hydrogen-bond acceptors (Lipinski definition) is 4. The molecule has 3 heterocycles. The van der Waals surface area contributed by atoms with Gasteiger partial charge in [-0.25, -0.2) is 4.98 Å². The molecular formula is C23H24Cl2N4O2. The molecule has 3 fully saturated rings. The third kappa shape index (κ3) is 3.66. The number of primary amides is 1. The van der Waals surface area contributed by atoms with E-state index in [2.05, 4.69) is 15.2 Å². The zero-order valence-corrected chi connectivity index (χ0v) is 18.5. The van der Waals surface area contributed by atoms with E-state index in [9.17, 15) is 9.59 Å². The first kappa shape index (κ1) is 20.6. The second-order valence-electron chi connectivity index (χ2n) is 8.91. The van der Waals surface area contributed by atoms with E-state index in [1.54, 1.807) is 18.3 Å². The highest BCUT2D eigenvalue weighted by molar-refractivity contribution is 6.42. The molecule has 3 aliphatic rings. The minimum atomic E-state index is -0.476. The first-order valence-electron chi connectivity index (χ1n) is 10.7. The molecule has 3 atom stereocenters. The highest BCUT2D eigenvalue weighted by Crippen LogP contribution is 2.50. The molecule has 8 heteroatoms. The number of rotatable bonds is 5. The lowest BCUT2D eigenvalue weighted by Gasteiger charge is -2.40. The highest BCUT2D eigenvalue weighted by atomic mass is 35.5. The van der Waals surface area contributed by atoms with Crippen molar-refractivity contribution in [2.75, 3.05) is 4.90 Å². The maximum atomic E-state index is 13.2. The van der Waals surface area contributed by atoms with Crippen LogP contribution in [0.5, 0.6) is 0 Å². The lowest BCUT2D eigenvalue weighted by Crippen LogP contribution is -2.52. The summed E-state index contributed by atoms with van der Waals surface area (Å²) in [4.78, 5) is 31.4. The Morgan fingerprint density at radius 1 is 1.06 bits per heavy atom. The summed E-state index contributed by atoms with van der Waals surface area (Å²) in [7, 11) is 0. The summed E-state index contributed by atoms with van der Waals surface area (Å²) in [5, 5.41) is 4.32. The molecule has 2 aromatic rings. The number of fused-ring (bicyclic) bond motifs is 2. The second-order valence-corrected chi connectivity index (χ2v) is 9.73. The number of halogens is 2. The Morgan fingerprint density at radius 2 is 1.77 bits per heavy atom. The number of nitrogens with two attached hydrogens (primary N) is 1. The van der Waals surface area contributed by atoms with E-state index in [0.29, 0.717) is 27.7 Å². The average Bonchev–Trinajstić information content (AvgIpc) is 3.51. The molecule has 31 heavy (non-hydrogen) atoms. The van der Waals surface area contributed by atoms with Crippen molar-refractivity contribution in [1.82, 2.24) is 10.3 Å². The minimum Gasteiger partial charge on any atom is -0.366 e. The normalized spacial score (nSPS) is 25.9. The van der Waals surface area contributed by atoms with E-state index in [0.717, 1.165) is 49.9 Å². The number of nitrogens with one attached hydrogen (secondary N) is 1. The highest BCUT2D eigenvalue weighted by Gasteiger charge is 2.52. The predicted octanol–water partition coefficient (Wildman–Crippen LogP) is 3.84. The molecule has 1 saturated carbocycles. The molecule has 1 aromatic carbocycles. The first-order valence-corrected chi connectivity index (χ1v) is 11.4. The SMILES string of the molecule is NC(=O)c1ccc(N2[C@@H]3CC[C@H]2C[C@@H](NC(=O)C2(c4ccc(Cl)c(Cl)c4)CC2)C3)nc1. The van der Waals surface area contributed by atoms with Gasteiger partial charge in [-0.05, 0) is 68.4 Å². The summed E-state index contributed by atoms with van der Waals surface area (Å²) < 4.78 is 0. The Balaban J connectivity index is 1.27. The number of pyridine rings is 1. The fourth-order valence-electron chi connectivity index (χ4n) is 5.24. The summed E-state index contributed by atoms with van der Waals surface area (Å²) in [6.45, 7) is 0. The number of hydrogen-bond donors (Lipinski definition) is 2. The smallest absolute Gasteiger partial charge is 0.250 e. The number of amides is 2. The van der Waals surface area contributed by atoms with Gasteiger partial charge in [0.25, 0.3) is 0 Å². The summed E-state index contributed by atoms with van der Waals surface area (Å²) in [5.41, 5.74) is 6.20. The van der Waals surface area contributed by atoms with Crippen molar-refractivity contribution in [2.45, 2.75) is 62.1 Å². The van der Waals surface area contributed by atoms with Crippen LogP contribution in [-0.2, 0) is 10.2 Å². The van der Waals surface area contributed by atoms with E-state index in [1.165, 1.54) is 0 Å². The fraction of sp³-hybridized carbons (Fsp3) is 0.435. The average molecular weight is 459 g/mol. The van der Waals surface area contributed by atoms with Gasteiger partial charge in [-0.15, -0.1) is 0 Å². The van der Waals surface area contributed by atoms with Crippen molar-refractivity contribution in [3.05, 3.63) is 57.7 Å². The third-order valence-electron chi connectivity index (χ3n) is 7.02. The number of nitrogens with zero attached hydrogens (tertiary/aromatic N) is 2. The van der Waals surface area contributed by atoms with Crippen molar-refractivity contribution < 1.29 is 9.59 Å². The lowest BCUT2D eigenvalue weighted by molar-refractivity contribution is -0.124. The molecule has 2 aliphatic heterocycles. The quantitative estimate of drug-likeness (QED) is 0.712. The van der Waals surface area contributed by atoms with Gasteiger partial charge in [0.05, 0.1) is 21.0 Å². The molecular weight excluding hydrogens is 435 g/mol. The van der Waals surface area contributed by atoms with Crippen molar-refractivity contribution >= 4 is 40.8 Å². The molecule has 2 amide bonds. The van der Waals surface area contributed by atoms with Gasteiger partial charge >= 0.3 is 0 Å². The van der Waals surface area contributed by atoms with Crippen LogP contribution < -0.4 is 16.0 Å². The molecule has 6 nitrogen and oxygen atoms in total. The standard InChI is InChI=1S/C23H24Cl2N4O2/c24-18-5-2-14(9-19(18)25)23(7-8-23)22(31)28-15-10-16-3-4-17(11-15)29(16)20-6-1-13(12-27-20)21(26)30/h1-2,5-6,9,12,15-17H,3-4,7-8,10-11H2,(H2,26,30)(H,28,31)/t15-,16+,17-. The van der Waals surface area contributed by atoms with Crippen LogP contribution in [0.4, 0.5) is 5.82 Å². The number of carbonyl (C=O) groups is 2. The minimum absolute atomic E-state index is 0.0904. The van der Waals surface area contributed by atoms with Crippen LogP contribution in [0.25, 0.3) is 0 Å². The molecule has 0 unspecified atom stereocenters. The molecule has 5 rings (SSSR count). The van der Waals surface area contributed by atoms with Crippen LogP contribution >= 0.6 is 23.2 Å². The molecule has 162 valence electrons. The van der Waals surface area contributed by atoms with Gasteiger partial charge in [0, 0.05) is 24.3 Å². The Bertz CT molecular complexity index is 1020. The van der Waals surface area contributed by atoms with Crippen LogP contribution in [0, 0.1) is 0 Å². The van der Waals surface area contributed by atoms with Crippen LogP contribution in [0.15, 0.2) is 36.5 Å². The van der Waals surface area contributed by atoms with Gasteiger partial charge < -0.3 is 16.0 Å². The monoisotopic (exact) mass is 458 g/mol. The fourth-order valence-corrected chi connectivity index (χ4v) is 5.54. The van der Waals surface area contributed by atoms with Gasteiger partial charge in [0.1, 0.15) is 5.82 Å². The molecule has 1 aliphatic carbocycles.